The van der Waals surface area contributed by atoms with Gasteiger partial charge in [0.2, 0.25) is 0 Å². The predicted octanol–water partition coefficient (Wildman–Crippen LogP) is 4.39. The van der Waals surface area contributed by atoms with E-state index in [1.54, 1.807) is 46.0 Å². The van der Waals surface area contributed by atoms with E-state index < -0.39 is 17.7 Å². The van der Waals surface area contributed by atoms with Gasteiger partial charge in [0.15, 0.2) is 12.6 Å². The zero-order chi connectivity index (χ0) is 22.5. The van der Waals surface area contributed by atoms with Crippen LogP contribution >= 0.6 is 11.3 Å². The number of carbonyl (C=O) groups is 3. The molecule has 0 unspecified atom stereocenters. The number of benzene rings is 1. The summed E-state index contributed by atoms with van der Waals surface area (Å²) in [5.74, 6) is -0.159. The second-order valence-electron chi connectivity index (χ2n) is 7.56. The summed E-state index contributed by atoms with van der Waals surface area (Å²) in [4.78, 5) is 38.1. The average molecular weight is 438 g/mol. The lowest BCUT2D eigenvalue weighted by atomic mass is 10.1. The number of esters is 1. The van der Waals surface area contributed by atoms with E-state index in [0.717, 1.165) is 10.1 Å². The highest BCUT2D eigenvalue weighted by molar-refractivity contribution is 7.20. The van der Waals surface area contributed by atoms with Crippen LogP contribution in [0.1, 0.15) is 43.3 Å². The summed E-state index contributed by atoms with van der Waals surface area (Å²) in [5.41, 5.74) is -0.158. The molecule has 1 aromatic carbocycles. The number of rotatable bonds is 8. The van der Waals surface area contributed by atoms with Crippen LogP contribution in [-0.2, 0) is 19.0 Å². The van der Waals surface area contributed by atoms with Crippen molar-refractivity contribution in [3.05, 3.63) is 23.1 Å². The van der Waals surface area contributed by atoms with Crippen LogP contribution in [0, 0.1) is 0 Å². The molecular weight excluding hydrogens is 410 g/mol. The lowest BCUT2D eigenvalue weighted by Crippen LogP contribution is -2.34. The number of ether oxygens (including phenoxy) is 4. The smallest absolute Gasteiger partial charge is 0.414 e. The minimum absolute atomic E-state index is 0.00425. The molecule has 9 heteroatoms. The Hall–Kier alpha value is -2.65. The number of hydrogen-bond donors (Lipinski definition) is 0. The minimum atomic E-state index is -0.648. The SMILES string of the molecule is COCOc1cc2cc(C(=O)CCC(=O)OC)sc2cc1N(C)C(=O)OC(C)(C)C. The van der Waals surface area contributed by atoms with Gasteiger partial charge in [0.25, 0.3) is 0 Å². The van der Waals surface area contributed by atoms with Crippen LogP contribution in [0.3, 0.4) is 0 Å². The quantitative estimate of drug-likeness (QED) is 0.344. The van der Waals surface area contributed by atoms with Gasteiger partial charge >= 0.3 is 12.1 Å². The van der Waals surface area contributed by atoms with Crippen LogP contribution in [0.2, 0.25) is 0 Å². The minimum Gasteiger partial charge on any atom is -0.469 e. The number of thiophene rings is 1. The third-order valence-electron chi connectivity index (χ3n) is 4.02. The number of methoxy groups -OCH3 is 2. The third kappa shape index (κ3) is 6.17. The Morgan fingerprint density at radius 2 is 1.77 bits per heavy atom. The number of ketones is 1. The Labute approximate surface area is 179 Å². The highest BCUT2D eigenvalue weighted by Gasteiger charge is 2.24. The van der Waals surface area contributed by atoms with Gasteiger partial charge in [0.05, 0.1) is 24.1 Å². The molecule has 8 nitrogen and oxygen atoms in total. The molecule has 0 radical (unpaired) electrons. The maximum absolute atomic E-state index is 12.5. The molecule has 0 N–H and O–H groups in total. The van der Waals surface area contributed by atoms with Gasteiger partial charge in [-0.1, -0.05) is 0 Å². The zero-order valence-corrected chi connectivity index (χ0v) is 18.9. The third-order valence-corrected chi connectivity index (χ3v) is 5.16. The highest BCUT2D eigenvalue weighted by Crippen LogP contribution is 2.38. The summed E-state index contributed by atoms with van der Waals surface area (Å²) in [6.07, 6.45) is -0.439. The summed E-state index contributed by atoms with van der Waals surface area (Å²) >= 11 is 1.29. The molecule has 1 heterocycles. The van der Waals surface area contributed by atoms with E-state index in [9.17, 15) is 14.4 Å². The molecule has 0 fully saturated rings. The van der Waals surface area contributed by atoms with Crippen molar-refractivity contribution in [2.45, 2.75) is 39.2 Å². The number of Topliss-reactive ketones (excluding diaryl/α,β-unsaturated/α-hetero) is 1. The first-order valence-electron chi connectivity index (χ1n) is 9.31. The zero-order valence-electron chi connectivity index (χ0n) is 18.1. The second kappa shape index (κ2) is 9.90. The molecule has 0 atom stereocenters. The van der Waals surface area contributed by atoms with E-state index in [1.807, 2.05) is 0 Å². The molecule has 164 valence electrons. The number of carbonyl (C=O) groups excluding carboxylic acids is 3. The van der Waals surface area contributed by atoms with Crippen molar-refractivity contribution in [1.82, 2.24) is 0 Å². The summed E-state index contributed by atoms with van der Waals surface area (Å²) < 4.78 is 21.5. The number of hydrogen-bond acceptors (Lipinski definition) is 8. The van der Waals surface area contributed by atoms with Gasteiger partial charge in [0, 0.05) is 25.3 Å². The molecule has 0 spiro atoms. The van der Waals surface area contributed by atoms with Crippen molar-refractivity contribution < 1.29 is 33.3 Å². The fourth-order valence-electron chi connectivity index (χ4n) is 2.56. The molecule has 2 rings (SSSR count). The maximum Gasteiger partial charge on any atom is 0.414 e. The summed E-state index contributed by atoms with van der Waals surface area (Å²) in [5, 5.41) is 0.786. The number of fused-ring (bicyclic) bond motifs is 1. The van der Waals surface area contributed by atoms with Gasteiger partial charge in [-0.15, -0.1) is 11.3 Å². The molecule has 0 aliphatic rings. The van der Waals surface area contributed by atoms with E-state index in [0.29, 0.717) is 16.3 Å². The highest BCUT2D eigenvalue weighted by atomic mass is 32.1. The Morgan fingerprint density at radius 3 is 2.37 bits per heavy atom. The van der Waals surface area contributed by atoms with E-state index in [1.165, 1.54) is 30.5 Å². The second-order valence-corrected chi connectivity index (χ2v) is 8.64. The van der Waals surface area contributed by atoms with E-state index in [-0.39, 0.29) is 25.4 Å². The largest absolute Gasteiger partial charge is 0.469 e. The number of nitrogens with zero attached hydrogens (tertiary/aromatic N) is 1. The van der Waals surface area contributed by atoms with Crippen molar-refractivity contribution in [3.8, 4) is 5.75 Å². The normalized spacial score (nSPS) is 11.3. The predicted molar refractivity (Wildman–Crippen MR) is 115 cm³/mol. The van der Waals surface area contributed by atoms with Crippen molar-refractivity contribution in [3.63, 3.8) is 0 Å². The first-order valence-corrected chi connectivity index (χ1v) is 10.1. The van der Waals surface area contributed by atoms with Crippen molar-refractivity contribution in [2.24, 2.45) is 0 Å². The van der Waals surface area contributed by atoms with E-state index in [4.69, 9.17) is 14.2 Å². The fourth-order valence-corrected chi connectivity index (χ4v) is 3.61. The number of amides is 1. The van der Waals surface area contributed by atoms with Crippen LogP contribution in [0.25, 0.3) is 10.1 Å². The number of anilines is 1. The van der Waals surface area contributed by atoms with Crippen LogP contribution in [0.15, 0.2) is 18.2 Å². The molecule has 0 aliphatic carbocycles. The van der Waals surface area contributed by atoms with Crippen molar-refractivity contribution in [2.75, 3.05) is 33.0 Å². The summed E-state index contributed by atoms with van der Waals surface area (Å²) in [6.45, 7) is 5.36. The molecule has 30 heavy (non-hydrogen) atoms. The van der Waals surface area contributed by atoms with Crippen molar-refractivity contribution in [1.29, 1.82) is 0 Å². The lowest BCUT2D eigenvalue weighted by molar-refractivity contribution is -0.140. The standard InChI is InChI=1S/C21H27NO7S/c1-21(2,3)29-20(25)22(4)14-11-17-13(9-16(14)28-12-26-5)10-18(30-17)15(23)7-8-19(24)27-6/h9-11H,7-8,12H2,1-6H3. The summed E-state index contributed by atoms with van der Waals surface area (Å²) in [7, 11) is 4.37. The lowest BCUT2D eigenvalue weighted by Gasteiger charge is -2.26. The monoisotopic (exact) mass is 437 g/mol. The van der Waals surface area contributed by atoms with Crippen LogP contribution in [0.4, 0.5) is 10.5 Å². The molecule has 2 aromatic rings. The summed E-state index contributed by atoms with van der Waals surface area (Å²) in [6, 6.07) is 5.26. The van der Waals surface area contributed by atoms with Gasteiger partial charge < -0.3 is 18.9 Å². The van der Waals surface area contributed by atoms with E-state index in [2.05, 4.69) is 4.74 Å². The average Bonchev–Trinajstić information content (AvgIpc) is 3.10. The van der Waals surface area contributed by atoms with E-state index >= 15 is 0 Å². The fraction of sp³-hybridized carbons (Fsp3) is 0.476. The van der Waals surface area contributed by atoms with Crippen molar-refractivity contribution >= 4 is 45.0 Å². The molecule has 0 bridgehead atoms. The van der Waals surface area contributed by atoms with Gasteiger partial charge in [0.1, 0.15) is 11.4 Å². The molecule has 0 aliphatic heterocycles. The Morgan fingerprint density at radius 1 is 1.07 bits per heavy atom. The molecule has 0 saturated heterocycles. The Kier molecular flexibility index (Phi) is 7.80. The molecular formula is C21H27NO7S. The van der Waals surface area contributed by atoms with Crippen LogP contribution in [0.5, 0.6) is 5.75 Å². The topological polar surface area (TPSA) is 91.4 Å². The Bertz CT molecular complexity index is 929. The molecule has 1 aromatic heterocycles. The van der Waals surface area contributed by atoms with Crippen LogP contribution in [-0.4, -0.2) is 51.5 Å². The molecule has 1 amide bonds. The van der Waals surface area contributed by atoms with Crippen LogP contribution < -0.4 is 9.64 Å². The maximum atomic E-state index is 12.5. The van der Waals surface area contributed by atoms with Gasteiger partial charge in [-0.05, 0) is 44.4 Å². The molecule has 0 saturated carbocycles. The van der Waals surface area contributed by atoms with Gasteiger partial charge in [-0.2, -0.15) is 0 Å². The first-order chi connectivity index (χ1) is 14.1. The van der Waals surface area contributed by atoms with Gasteiger partial charge in [-0.3, -0.25) is 14.5 Å². The first kappa shape index (κ1) is 23.6. The van der Waals surface area contributed by atoms with Gasteiger partial charge in [-0.25, -0.2) is 4.79 Å². The Balaban J connectivity index is 2.37.